The Balaban J connectivity index is 1.48. The highest BCUT2D eigenvalue weighted by Crippen LogP contribution is 2.35. The molecule has 1 N–H and O–H groups in total. The van der Waals surface area contributed by atoms with Gasteiger partial charge in [0.15, 0.2) is 23.1 Å². The summed E-state index contributed by atoms with van der Waals surface area (Å²) in [6.45, 7) is 1.94. The number of ether oxygens (including phenoxy) is 2. The van der Waals surface area contributed by atoms with Crippen LogP contribution in [-0.2, 0) is 9.63 Å². The van der Waals surface area contributed by atoms with E-state index >= 15 is 0 Å². The molecular weight excluding hydrogens is 370 g/mol. The summed E-state index contributed by atoms with van der Waals surface area (Å²) in [6.07, 6.45) is 0.0414. The minimum absolute atomic E-state index is 0.0414. The standard InChI is InChI=1S/C19H18ClN3O4/c1-19(22-18(23(2)27-19)13-5-3-4-6-14(13)20)10-17(24)21-12-7-8-15-16(9-12)26-11-25-15/h3-9H,10-11H2,1-2H3,(H,21,24). The molecule has 2 aliphatic rings. The zero-order valence-electron chi connectivity index (χ0n) is 14.9. The summed E-state index contributed by atoms with van der Waals surface area (Å²) < 4.78 is 10.6. The van der Waals surface area contributed by atoms with Crippen molar-refractivity contribution in [3.05, 3.63) is 53.1 Å². The van der Waals surface area contributed by atoms with E-state index in [-0.39, 0.29) is 19.1 Å². The van der Waals surface area contributed by atoms with Gasteiger partial charge < -0.3 is 14.8 Å². The number of hydrogen-bond donors (Lipinski definition) is 1. The number of amides is 1. The van der Waals surface area contributed by atoms with Gasteiger partial charge in [-0.1, -0.05) is 23.7 Å². The fourth-order valence-electron chi connectivity index (χ4n) is 3.07. The van der Waals surface area contributed by atoms with Crippen LogP contribution in [0.25, 0.3) is 0 Å². The summed E-state index contributed by atoms with van der Waals surface area (Å²) in [5.41, 5.74) is 0.347. The number of amidine groups is 1. The molecular formula is C19H18ClN3O4. The number of benzene rings is 2. The Hall–Kier alpha value is -2.77. The smallest absolute Gasteiger partial charge is 0.231 e. The lowest BCUT2D eigenvalue weighted by Crippen LogP contribution is -2.32. The highest BCUT2D eigenvalue weighted by atomic mass is 35.5. The number of nitrogens with zero attached hydrogens (tertiary/aromatic N) is 2. The first-order chi connectivity index (χ1) is 12.9. The maximum atomic E-state index is 12.5. The summed E-state index contributed by atoms with van der Waals surface area (Å²) in [4.78, 5) is 22.9. The molecule has 8 heteroatoms. The van der Waals surface area contributed by atoms with Crippen molar-refractivity contribution in [3.63, 3.8) is 0 Å². The molecule has 0 aromatic heterocycles. The zero-order chi connectivity index (χ0) is 19.0. The number of nitrogens with one attached hydrogen (secondary N) is 1. The van der Waals surface area contributed by atoms with Crippen LogP contribution in [0.2, 0.25) is 5.02 Å². The molecule has 27 heavy (non-hydrogen) atoms. The molecule has 0 saturated carbocycles. The Bertz CT molecular complexity index is 933. The van der Waals surface area contributed by atoms with Gasteiger partial charge in [0.1, 0.15) is 0 Å². The van der Waals surface area contributed by atoms with Gasteiger partial charge in [-0.15, -0.1) is 0 Å². The highest BCUT2D eigenvalue weighted by molar-refractivity contribution is 6.34. The molecule has 0 spiro atoms. The van der Waals surface area contributed by atoms with Crippen LogP contribution < -0.4 is 14.8 Å². The van der Waals surface area contributed by atoms with Gasteiger partial charge in [0.2, 0.25) is 12.7 Å². The molecule has 2 aromatic carbocycles. The van der Waals surface area contributed by atoms with E-state index in [9.17, 15) is 4.79 Å². The highest BCUT2D eigenvalue weighted by Gasteiger charge is 2.38. The number of halogens is 1. The van der Waals surface area contributed by atoms with Gasteiger partial charge in [-0.25, -0.2) is 14.9 Å². The molecule has 0 radical (unpaired) electrons. The lowest BCUT2D eigenvalue weighted by Gasteiger charge is -2.21. The molecule has 0 bridgehead atoms. The predicted octanol–water partition coefficient (Wildman–Crippen LogP) is 3.44. The van der Waals surface area contributed by atoms with Crippen molar-refractivity contribution in [1.29, 1.82) is 0 Å². The number of aliphatic imine (C=N–C) groups is 1. The number of hydrogen-bond acceptors (Lipinski definition) is 6. The second-order valence-electron chi connectivity index (χ2n) is 6.47. The van der Waals surface area contributed by atoms with Gasteiger partial charge >= 0.3 is 0 Å². The predicted molar refractivity (Wildman–Crippen MR) is 101 cm³/mol. The summed E-state index contributed by atoms with van der Waals surface area (Å²) in [7, 11) is 1.74. The molecule has 1 unspecified atom stereocenters. The Morgan fingerprint density at radius 3 is 2.85 bits per heavy atom. The maximum Gasteiger partial charge on any atom is 0.231 e. The fourth-order valence-corrected chi connectivity index (χ4v) is 3.29. The van der Waals surface area contributed by atoms with Crippen molar-refractivity contribution in [2.75, 3.05) is 19.2 Å². The van der Waals surface area contributed by atoms with Crippen LogP contribution >= 0.6 is 11.6 Å². The van der Waals surface area contributed by atoms with Gasteiger partial charge in [0.25, 0.3) is 0 Å². The molecule has 0 fully saturated rings. The van der Waals surface area contributed by atoms with Gasteiger partial charge in [0.05, 0.1) is 11.4 Å². The van der Waals surface area contributed by atoms with Crippen LogP contribution in [0.1, 0.15) is 18.9 Å². The third-order valence-electron chi connectivity index (χ3n) is 4.23. The number of carbonyl (C=O) groups is 1. The van der Waals surface area contributed by atoms with E-state index in [0.29, 0.717) is 28.0 Å². The Morgan fingerprint density at radius 1 is 1.26 bits per heavy atom. The van der Waals surface area contributed by atoms with Gasteiger partial charge in [0, 0.05) is 24.4 Å². The molecule has 2 aliphatic heterocycles. The van der Waals surface area contributed by atoms with Crippen LogP contribution in [-0.4, -0.2) is 36.4 Å². The first-order valence-electron chi connectivity index (χ1n) is 8.41. The Morgan fingerprint density at radius 2 is 2.04 bits per heavy atom. The zero-order valence-corrected chi connectivity index (χ0v) is 15.6. The molecule has 0 aliphatic carbocycles. The van der Waals surface area contributed by atoms with Crippen molar-refractivity contribution >= 4 is 29.0 Å². The fraction of sp³-hybridized carbons (Fsp3) is 0.263. The molecule has 4 rings (SSSR count). The molecule has 1 atom stereocenters. The Kier molecular flexibility index (Phi) is 4.41. The minimum Gasteiger partial charge on any atom is -0.454 e. The number of fused-ring (bicyclic) bond motifs is 1. The van der Waals surface area contributed by atoms with E-state index in [1.54, 1.807) is 38.2 Å². The van der Waals surface area contributed by atoms with E-state index < -0.39 is 5.72 Å². The van der Waals surface area contributed by atoms with E-state index in [1.807, 2.05) is 18.2 Å². The molecule has 140 valence electrons. The molecule has 1 amide bonds. The molecule has 2 heterocycles. The first-order valence-corrected chi connectivity index (χ1v) is 8.78. The number of hydroxylamine groups is 2. The average Bonchev–Trinajstić information content (AvgIpc) is 3.18. The monoisotopic (exact) mass is 387 g/mol. The normalized spacial score (nSPS) is 20.6. The average molecular weight is 388 g/mol. The van der Waals surface area contributed by atoms with Gasteiger partial charge in [-0.3, -0.25) is 4.79 Å². The van der Waals surface area contributed by atoms with E-state index in [4.69, 9.17) is 25.9 Å². The van der Waals surface area contributed by atoms with E-state index in [0.717, 1.165) is 5.56 Å². The van der Waals surface area contributed by atoms with Crippen LogP contribution in [0.5, 0.6) is 11.5 Å². The summed E-state index contributed by atoms with van der Waals surface area (Å²) in [5, 5.41) is 4.94. The van der Waals surface area contributed by atoms with Crippen LogP contribution in [0.3, 0.4) is 0 Å². The largest absolute Gasteiger partial charge is 0.454 e. The quantitative estimate of drug-likeness (QED) is 0.870. The Labute approximate surface area is 161 Å². The van der Waals surface area contributed by atoms with E-state index in [1.165, 1.54) is 5.06 Å². The van der Waals surface area contributed by atoms with Crippen LogP contribution in [0.15, 0.2) is 47.5 Å². The first kappa shape index (κ1) is 17.6. The topological polar surface area (TPSA) is 72.4 Å². The van der Waals surface area contributed by atoms with Gasteiger partial charge in [-0.05, 0) is 31.2 Å². The van der Waals surface area contributed by atoms with Crippen molar-refractivity contribution in [2.45, 2.75) is 19.1 Å². The minimum atomic E-state index is -1.02. The van der Waals surface area contributed by atoms with Crippen molar-refractivity contribution < 1.29 is 19.1 Å². The lowest BCUT2D eigenvalue weighted by molar-refractivity contribution is -0.164. The number of carbonyl (C=O) groups excluding carboxylic acids is 1. The lowest BCUT2D eigenvalue weighted by atomic mass is 10.1. The van der Waals surface area contributed by atoms with Crippen molar-refractivity contribution in [2.24, 2.45) is 4.99 Å². The SMILES string of the molecule is CN1OC(C)(CC(=O)Nc2ccc3c(c2)OCO3)N=C1c1ccccc1Cl. The number of anilines is 1. The van der Waals surface area contributed by atoms with Crippen molar-refractivity contribution in [3.8, 4) is 11.5 Å². The molecule has 2 aromatic rings. The second kappa shape index (κ2) is 6.75. The maximum absolute atomic E-state index is 12.5. The van der Waals surface area contributed by atoms with Crippen molar-refractivity contribution in [1.82, 2.24) is 5.06 Å². The van der Waals surface area contributed by atoms with E-state index in [2.05, 4.69) is 10.3 Å². The third kappa shape index (κ3) is 3.56. The summed E-state index contributed by atoms with van der Waals surface area (Å²) >= 11 is 6.26. The summed E-state index contributed by atoms with van der Waals surface area (Å²) in [5.74, 6) is 1.62. The molecule has 7 nitrogen and oxygen atoms in total. The molecule has 0 saturated heterocycles. The second-order valence-corrected chi connectivity index (χ2v) is 6.88. The number of rotatable bonds is 4. The third-order valence-corrected chi connectivity index (χ3v) is 4.56. The summed E-state index contributed by atoms with van der Waals surface area (Å²) in [6, 6.07) is 12.6. The van der Waals surface area contributed by atoms with Crippen LogP contribution in [0, 0.1) is 0 Å². The van der Waals surface area contributed by atoms with Crippen LogP contribution in [0.4, 0.5) is 5.69 Å². The van der Waals surface area contributed by atoms with Gasteiger partial charge in [-0.2, -0.15) is 0 Å².